The maximum atomic E-state index is 6.19. The number of fused-ring (bicyclic) bond motifs is 7. The smallest absolute Gasteiger partial charge is 0.252 e. The van der Waals surface area contributed by atoms with Crippen LogP contribution in [-0.2, 0) is 0 Å². The minimum absolute atomic E-state index is 0.121. The second-order valence-corrected chi connectivity index (χ2v) is 12.1. The molecule has 8 aromatic rings. The lowest BCUT2D eigenvalue weighted by molar-refractivity contribution is 0.669. The molecule has 214 valence electrons. The highest BCUT2D eigenvalue weighted by Crippen LogP contribution is 2.46. The summed E-state index contributed by atoms with van der Waals surface area (Å²) in [4.78, 5) is 4.91. The lowest BCUT2D eigenvalue weighted by atomic mass is 9.33. The van der Waals surface area contributed by atoms with Crippen molar-refractivity contribution in [1.29, 1.82) is 0 Å². The summed E-state index contributed by atoms with van der Waals surface area (Å²) in [7, 11) is 0. The number of hydrogen-bond donors (Lipinski definition) is 0. The van der Waals surface area contributed by atoms with Crippen molar-refractivity contribution in [3.63, 3.8) is 0 Å². The van der Waals surface area contributed by atoms with E-state index in [-0.39, 0.29) is 6.71 Å². The van der Waals surface area contributed by atoms with Crippen LogP contribution in [0.3, 0.4) is 0 Å². The van der Waals surface area contributed by atoms with Gasteiger partial charge < -0.3 is 14.2 Å². The molecule has 0 aliphatic carbocycles. The zero-order chi connectivity index (χ0) is 30.2. The van der Waals surface area contributed by atoms with E-state index in [9.17, 15) is 0 Å². The molecule has 0 fully saturated rings. The molecule has 0 saturated heterocycles. The zero-order valence-corrected chi connectivity index (χ0v) is 25.0. The number of rotatable bonds is 3. The summed E-state index contributed by atoms with van der Waals surface area (Å²) in [5.74, 6) is 0. The minimum atomic E-state index is 0.121. The molecular weight excluding hydrogens is 559 g/mol. The summed E-state index contributed by atoms with van der Waals surface area (Å²) >= 11 is 0. The van der Waals surface area contributed by atoms with Gasteiger partial charge >= 0.3 is 0 Å². The monoisotopic (exact) mass is 586 g/mol. The van der Waals surface area contributed by atoms with Crippen molar-refractivity contribution in [3.8, 4) is 11.1 Å². The molecule has 0 N–H and O–H groups in total. The van der Waals surface area contributed by atoms with E-state index in [1.54, 1.807) is 0 Å². The highest BCUT2D eigenvalue weighted by atomic mass is 16.3. The number of benzene rings is 7. The predicted octanol–water partition coefficient (Wildman–Crippen LogP) is 9.34. The molecule has 4 heteroatoms. The van der Waals surface area contributed by atoms with Gasteiger partial charge in [0.05, 0.1) is 5.69 Å². The maximum Gasteiger partial charge on any atom is 0.252 e. The highest BCUT2D eigenvalue weighted by molar-refractivity contribution is 7.00. The molecule has 3 heterocycles. The molecule has 10 rings (SSSR count). The second kappa shape index (κ2) is 9.75. The fourth-order valence-corrected chi connectivity index (χ4v) is 7.76. The molecule has 46 heavy (non-hydrogen) atoms. The highest BCUT2D eigenvalue weighted by Gasteiger charge is 2.43. The first-order valence-electron chi connectivity index (χ1n) is 15.8. The van der Waals surface area contributed by atoms with Crippen molar-refractivity contribution in [3.05, 3.63) is 164 Å². The van der Waals surface area contributed by atoms with Crippen LogP contribution in [0.4, 0.5) is 34.1 Å². The summed E-state index contributed by atoms with van der Waals surface area (Å²) in [5, 5.41) is 2.27. The van der Waals surface area contributed by atoms with E-state index in [0.717, 1.165) is 38.9 Å². The fourth-order valence-electron chi connectivity index (χ4n) is 7.76. The normalized spacial score (nSPS) is 13.1. The Bertz CT molecular complexity index is 2470. The fraction of sp³-hybridized carbons (Fsp3) is 0. The average Bonchev–Trinajstić information content (AvgIpc) is 3.50. The van der Waals surface area contributed by atoms with Gasteiger partial charge in [-0.15, -0.1) is 0 Å². The van der Waals surface area contributed by atoms with Gasteiger partial charge in [0.1, 0.15) is 11.2 Å². The topological polar surface area (TPSA) is 19.6 Å². The number of para-hydroxylation sites is 5. The van der Waals surface area contributed by atoms with E-state index in [1.165, 1.54) is 44.7 Å². The third-order valence-corrected chi connectivity index (χ3v) is 9.65. The lowest BCUT2D eigenvalue weighted by Gasteiger charge is -2.44. The number of furan rings is 1. The van der Waals surface area contributed by atoms with E-state index >= 15 is 0 Å². The summed E-state index contributed by atoms with van der Waals surface area (Å²) in [5.41, 5.74) is 15.3. The van der Waals surface area contributed by atoms with Crippen LogP contribution < -0.4 is 26.2 Å². The molecular formula is C42H27BN2O. The molecule has 0 bridgehead atoms. The summed E-state index contributed by atoms with van der Waals surface area (Å²) in [6.45, 7) is 0.121. The minimum Gasteiger partial charge on any atom is -0.456 e. The summed E-state index contributed by atoms with van der Waals surface area (Å²) in [6.07, 6.45) is 0. The molecule has 2 aliphatic heterocycles. The van der Waals surface area contributed by atoms with Crippen molar-refractivity contribution < 1.29 is 4.42 Å². The molecule has 0 unspecified atom stereocenters. The molecule has 0 spiro atoms. The third-order valence-electron chi connectivity index (χ3n) is 9.65. The predicted molar refractivity (Wildman–Crippen MR) is 193 cm³/mol. The summed E-state index contributed by atoms with van der Waals surface area (Å²) in [6, 6.07) is 59.0. The second-order valence-electron chi connectivity index (χ2n) is 12.1. The van der Waals surface area contributed by atoms with Crippen molar-refractivity contribution in [2.75, 3.05) is 9.80 Å². The Kier molecular flexibility index (Phi) is 5.37. The summed E-state index contributed by atoms with van der Waals surface area (Å²) < 4.78 is 6.19. The molecule has 3 nitrogen and oxygen atoms in total. The van der Waals surface area contributed by atoms with Crippen molar-refractivity contribution in [1.82, 2.24) is 0 Å². The Balaban J connectivity index is 1.23. The first kappa shape index (κ1) is 25.3. The third kappa shape index (κ3) is 3.55. The first-order valence-corrected chi connectivity index (χ1v) is 15.8. The molecule has 0 saturated carbocycles. The van der Waals surface area contributed by atoms with Crippen LogP contribution in [-0.4, -0.2) is 6.71 Å². The number of nitrogens with zero attached hydrogens (tertiary/aromatic N) is 2. The van der Waals surface area contributed by atoms with Crippen LogP contribution in [0.1, 0.15) is 0 Å². The van der Waals surface area contributed by atoms with Crippen LogP contribution in [0.2, 0.25) is 0 Å². The average molecular weight is 587 g/mol. The van der Waals surface area contributed by atoms with E-state index < -0.39 is 0 Å². The van der Waals surface area contributed by atoms with Gasteiger partial charge in [-0.25, -0.2) is 0 Å². The Labute approximate surface area is 267 Å². The van der Waals surface area contributed by atoms with Gasteiger partial charge in [-0.2, -0.15) is 0 Å². The van der Waals surface area contributed by atoms with E-state index in [1.807, 2.05) is 12.1 Å². The van der Waals surface area contributed by atoms with Gasteiger partial charge in [-0.3, -0.25) is 0 Å². The zero-order valence-electron chi connectivity index (χ0n) is 25.0. The number of hydrogen-bond acceptors (Lipinski definition) is 3. The molecule has 7 aromatic carbocycles. The SMILES string of the molecule is c1ccc(N2c3ccccc3B3c4ccccc4N(c4ccccc4-c4ccc5oc6ccccc6c5c4)c4cccc2c43)cc1. The van der Waals surface area contributed by atoms with Crippen LogP contribution in [0.25, 0.3) is 33.1 Å². The standard InChI is InChI=1S/C42H27BN2O/c1-2-13-29(14-3-1)44-36-20-9-6-17-33(36)43-34-18-7-10-21-37(34)45(39-23-12-22-38(44)42(39)43)35-19-8-4-15-30(35)28-25-26-41-32(27-28)31-16-5-11-24-40(31)46-41/h1-27H. The Morgan fingerprint density at radius 3 is 1.80 bits per heavy atom. The largest absolute Gasteiger partial charge is 0.456 e. The molecule has 1 aromatic heterocycles. The van der Waals surface area contributed by atoms with Gasteiger partial charge in [-0.1, -0.05) is 103 Å². The first-order chi connectivity index (χ1) is 22.8. The number of anilines is 6. The Morgan fingerprint density at radius 1 is 0.413 bits per heavy atom. The van der Waals surface area contributed by atoms with Gasteiger partial charge in [0.2, 0.25) is 0 Å². The van der Waals surface area contributed by atoms with Gasteiger partial charge in [0.25, 0.3) is 6.71 Å². The van der Waals surface area contributed by atoms with E-state index in [4.69, 9.17) is 4.42 Å². The van der Waals surface area contributed by atoms with Gasteiger partial charge in [-0.05, 0) is 82.6 Å². The molecule has 0 radical (unpaired) electrons. The van der Waals surface area contributed by atoms with Crippen LogP contribution in [0.5, 0.6) is 0 Å². The Hall–Kier alpha value is -6.00. The Morgan fingerprint density at radius 2 is 1.00 bits per heavy atom. The van der Waals surface area contributed by atoms with Gasteiger partial charge in [0, 0.05) is 44.8 Å². The maximum absolute atomic E-state index is 6.19. The van der Waals surface area contributed by atoms with Crippen molar-refractivity contribution in [2.45, 2.75) is 0 Å². The van der Waals surface area contributed by atoms with Crippen LogP contribution in [0, 0.1) is 0 Å². The quantitative estimate of drug-likeness (QED) is 0.192. The van der Waals surface area contributed by atoms with Crippen molar-refractivity contribution in [2.24, 2.45) is 0 Å². The van der Waals surface area contributed by atoms with Crippen LogP contribution in [0.15, 0.2) is 168 Å². The van der Waals surface area contributed by atoms with Gasteiger partial charge in [0.15, 0.2) is 0 Å². The van der Waals surface area contributed by atoms with E-state index in [0.29, 0.717) is 0 Å². The molecule has 0 amide bonds. The molecule has 2 aliphatic rings. The van der Waals surface area contributed by atoms with Crippen LogP contribution >= 0.6 is 0 Å². The van der Waals surface area contributed by atoms with Crippen molar-refractivity contribution >= 4 is 79.2 Å². The molecule has 0 atom stereocenters. The van der Waals surface area contributed by atoms with E-state index in [2.05, 4.69) is 161 Å². The lowest BCUT2D eigenvalue weighted by Crippen LogP contribution is -2.61.